The zero-order valence-electron chi connectivity index (χ0n) is 28.9. The van der Waals surface area contributed by atoms with Crippen molar-refractivity contribution in [3.8, 4) is 5.75 Å². The van der Waals surface area contributed by atoms with Crippen LogP contribution in [0.5, 0.6) is 5.75 Å². The van der Waals surface area contributed by atoms with Crippen LogP contribution in [0.1, 0.15) is 28.4 Å². The van der Waals surface area contributed by atoms with Crippen LogP contribution in [0.2, 0.25) is 0 Å². The number of ether oxygens (including phenoxy) is 1. The number of fused-ring (bicyclic) bond motifs is 3. The number of para-hydroxylation sites is 5. The molecule has 0 aliphatic heterocycles. The predicted molar refractivity (Wildman–Crippen MR) is 214 cm³/mol. The van der Waals surface area contributed by atoms with Gasteiger partial charge in [0, 0.05) is 88.1 Å². The van der Waals surface area contributed by atoms with Crippen LogP contribution in [0.4, 0.5) is 0 Å². The van der Waals surface area contributed by atoms with Crippen molar-refractivity contribution in [1.82, 2.24) is 9.13 Å². The minimum Gasteiger partial charge on any atom is -0.439 e. The molecule has 0 saturated carbocycles. The van der Waals surface area contributed by atoms with E-state index in [1.165, 1.54) is 44.3 Å². The number of aryl methyl sites for hydroxylation is 3. The van der Waals surface area contributed by atoms with Crippen LogP contribution in [-0.2, 0) is 20.1 Å². The van der Waals surface area contributed by atoms with E-state index in [1.54, 1.807) is 7.05 Å². The van der Waals surface area contributed by atoms with Crippen LogP contribution in [0.3, 0.4) is 0 Å². The zero-order chi connectivity index (χ0) is 34.5. The molecule has 0 fully saturated rings. The summed E-state index contributed by atoms with van der Waals surface area (Å²) in [5.41, 5.74) is 9.45. The van der Waals surface area contributed by atoms with Crippen molar-refractivity contribution in [2.24, 2.45) is 12.0 Å². The quantitative estimate of drug-likeness (QED) is 0.0419. The van der Waals surface area contributed by atoms with Crippen molar-refractivity contribution in [2.75, 3.05) is 18.6 Å². The minimum atomic E-state index is 0.577. The lowest BCUT2D eigenvalue weighted by molar-refractivity contribution is -0.651. The Morgan fingerprint density at radius 1 is 0.720 bits per heavy atom. The van der Waals surface area contributed by atoms with Gasteiger partial charge in [-0.1, -0.05) is 88.3 Å². The molecule has 0 bridgehead atoms. The molecule has 3 aromatic heterocycles. The monoisotopic (exact) mass is 697 g/mol. The van der Waals surface area contributed by atoms with Crippen LogP contribution in [0, 0.1) is 13.8 Å². The van der Waals surface area contributed by atoms with E-state index in [-0.39, 0.29) is 0 Å². The fourth-order valence-electron chi connectivity index (χ4n) is 6.63. The number of hydrogen-bond acceptors (Lipinski definition) is 5. The van der Waals surface area contributed by atoms with Gasteiger partial charge in [-0.25, -0.2) is 0 Å². The number of nitrogens with zero attached hydrogens (tertiary/aromatic N) is 4. The van der Waals surface area contributed by atoms with Gasteiger partial charge in [0.15, 0.2) is 0 Å². The molecule has 0 unspecified atom stereocenters. The molecule has 4 aromatic carbocycles. The topological polar surface area (TPSA) is 48.5 Å². The lowest BCUT2D eigenvalue weighted by Crippen LogP contribution is -2.29. The van der Waals surface area contributed by atoms with Crippen LogP contribution >= 0.6 is 21.6 Å². The predicted octanol–water partition coefficient (Wildman–Crippen LogP) is 10.2. The molecule has 6 nitrogen and oxygen atoms in total. The number of rotatable bonds is 12. The summed E-state index contributed by atoms with van der Waals surface area (Å²) >= 11 is 0. The highest BCUT2D eigenvalue weighted by Gasteiger charge is 2.18. The van der Waals surface area contributed by atoms with Crippen LogP contribution in [0.25, 0.3) is 51.1 Å². The first kappa shape index (κ1) is 33.6. The van der Waals surface area contributed by atoms with Gasteiger partial charge >= 0.3 is 5.89 Å². The summed E-state index contributed by atoms with van der Waals surface area (Å²) in [6, 6.07) is 35.3. The van der Waals surface area contributed by atoms with Gasteiger partial charge in [0.1, 0.15) is 12.8 Å². The van der Waals surface area contributed by atoms with Gasteiger partial charge in [-0.15, -0.1) is 0 Å². The normalized spacial score (nSPS) is 12.4. The summed E-state index contributed by atoms with van der Waals surface area (Å²) in [6.07, 6.45) is 8.38. The number of aliphatic imine (C=N–C) groups is 1. The average molecular weight is 698 g/mol. The number of aromatic nitrogens is 3. The van der Waals surface area contributed by atoms with E-state index in [0.29, 0.717) is 5.90 Å². The highest BCUT2D eigenvalue weighted by Crippen LogP contribution is 2.31. The molecule has 0 spiro atoms. The maximum Gasteiger partial charge on any atom is 0.373 e. The second kappa shape index (κ2) is 15.3. The largest absolute Gasteiger partial charge is 0.439 e. The van der Waals surface area contributed by atoms with Gasteiger partial charge in [0.2, 0.25) is 11.5 Å². The third-order valence-corrected chi connectivity index (χ3v) is 11.5. The van der Waals surface area contributed by atoms with Crippen molar-refractivity contribution in [3.63, 3.8) is 0 Å². The van der Waals surface area contributed by atoms with Gasteiger partial charge in [-0.05, 0) is 56.3 Å². The van der Waals surface area contributed by atoms with E-state index in [9.17, 15) is 0 Å². The van der Waals surface area contributed by atoms with Crippen LogP contribution < -0.4 is 9.30 Å². The summed E-state index contributed by atoms with van der Waals surface area (Å²) in [6.45, 7) is 6.32. The Hall–Kier alpha value is -4.92. The van der Waals surface area contributed by atoms with Gasteiger partial charge < -0.3 is 18.3 Å². The van der Waals surface area contributed by atoms with E-state index < -0.39 is 0 Å². The molecular weight excluding hydrogens is 657 g/mol. The van der Waals surface area contributed by atoms with E-state index in [4.69, 9.17) is 9.15 Å². The lowest BCUT2D eigenvalue weighted by Gasteiger charge is -2.10. The molecule has 0 atom stereocenters. The molecule has 0 saturated heterocycles. The van der Waals surface area contributed by atoms with E-state index in [0.717, 1.165) is 47.3 Å². The first-order valence-electron chi connectivity index (χ1n) is 16.9. The summed E-state index contributed by atoms with van der Waals surface area (Å²) in [7, 11) is 7.69. The van der Waals surface area contributed by atoms with Crippen molar-refractivity contribution in [3.05, 3.63) is 138 Å². The molecule has 0 amide bonds. The minimum absolute atomic E-state index is 0.577. The second-order valence-corrected chi connectivity index (χ2v) is 14.8. The molecule has 8 heteroatoms. The van der Waals surface area contributed by atoms with Crippen LogP contribution in [-0.4, -0.2) is 33.6 Å². The number of oxazole rings is 1. The van der Waals surface area contributed by atoms with E-state index >= 15 is 0 Å². The third kappa shape index (κ3) is 6.91. The first-order valence-corrected chi connectivity index (χ1v) is 19.4. The Labute approximate surface area is 301 Å². The molecule has 252 valence electrons. The Morgan fingerprint density at radius 2 is 1.28 bits per heavy atom. The van der Waals surface area contributed by atoms with Gasteiger partial charge in [-0.2, -0.15) is 4.57 Å². The van der Waals surface area contributed by atoms with Gasteiger partial charge in [-0.3, -0.25) is 4.99 Å². The van der Waals surface area contributed by atoms with Crippen molar-refractivity contribution in [2.45, 2.75) is 26.9 Å². The molecular formula is C42H41N4O2S2+. The molecule has 0 radical (unpaired) electrons. The summed E-state index contributed by atoms with van der Waals surface area (Å²) in [5.74, 6) is 4.22. The highest BCUT2D eigenvalue weighted by atomic mass is 33.1. The fraction of sp³-hybridized carbons (Fsp3) is 0.190. The molecule has 0 aliphatic carbocycles. The van der Waals surface area contributed by atoms with E-state index in [1.807, 2.05) is 83.2 Å². The molecule has 3 heterocycles. The molecule has 0 N–H and O–H groups in total. The Morgan fingerprint density at radius 3 is 1.90 bits per heavy atom. The fourth-order valence-corrected chi connectivity index (χ4v) is 8.53. The Kier molecular flexibility index (Phi) is 10.3. The molecule has 50 heavy (non-hydrogen) atoms. The van der Waals surface area contributed by atoms with E-state index in [2.05, 4.69) is 105 Å². The summed E-state index contributed by atoms with van der Waals surface area (Å²) < 4.78 is 19.1. The lowest BCUT2D eigenvalue weighted by atomic mass is 10.1. The van der Waals surface area contributed by atoms with Crippen LogP contribution in [0.15, 0.2) is 119 Å². The average Bonchev–Trinajstić information content (AvgIpc) is 3.72. The smallest absolute Gasteiger partial charge is 0.373 e. The maximum absolute atomic E-state index is 6.14. The number of benzene rings is 4. The SMILES string of the molecule is C/N=C(\C=C\c1c(C)n(CCSSCCn2c(C)c(/C=C/c3oc4ccccc4[n+]3C)c3ccccc32)c2ccccc12)Oc1ccccc1. The molecule has 7 rings (SSSR count). The molecule has 7 aromatic rings. The van der Waals surface area contributed by atoms with Crippen molar-refractivity contribution >= 4 is 78.6 Å². The Bertz CT molecular complexity index is 2360. The maximum atomic E-state index is 6.14. The second-order valence-electron chi connectivity index (χ2n) is 12.1. The Balaban J connectivity index is 0.998. The summed E-state index contributed by atoms with van der Waals surface area (Å²) in [5, 5.41) is 2.50. The van der Waals surface area contributed by atoms with Gasteiger partial charge in [0.05, 0.1) is 6.08 Å². The molecule has 0 aliphatic rings. The zero-order valence-corrected chi connectivity index (χ0v) is 30.5. The standard InChI is InChI=1S/C42H41N4O2S2/c1-30-33(22-24-41(43-3)47-32-14-6-5-7-15-32)35-16-8-10-18-37(35)45(30)26-28-49-50-29-27-46-31(2)34(36-17-9-11-19-38(36)46)23-25-42-44(4)39-20-12-13-21-40(39)48-42/h5-25H,26-29H2,1-4H3/q+1/b24-22+,43-41+. The third-order valence-electron chi connectivity index (χ3n) is 9.18. The highest BCUT2D eigenvalue weighted by molar-refractivity contribution is 8.76. The summed E-state index contributed by atoms with van der Waals surface area (Å²) in [4.78, 5) is 4.36. The van der Waals surface area contributed by atoms with Crippen molar-refractivity contribution < 1.29 is 13.7 Å². The van der Waals surface area contributed by atoms with Crippen molar-refractivity contribution in [1.29, 1.82) is 0 Å². The van der Waals surface area contributed by atoms with Gasteiger partial charge in [0.25, 0.3) is 5.52 Å². The number of hydrogen-bond donors (Lipinski definition) is 0. The first-order chi connectivity index (χ1) is 24.5.